The van der Waals surface area contributed by atoms with Gasteiger partial charge in [0, 0.05) is 20.1 Å². The van der Waals surface area contributed by atoms with Gasteiger partial charge in [-0.25, -0.2) is 9.59 Å². The van der Waals surface area contributed by atoms with Crippen LogP contribution in [0.25, 0.3) is 0 Å². The van der Waals surface area contributed by atoms with Crippen molar-refractivity contribution in [3.05, 3.63) is 35.4 Å². The first-order valence-corrected chi connectivity index (χ1v) is 6.32. The fourth-order valence-electron chi connectivity index (χ4n) is 1.59. The number of hydrogen-bond donors (Lipinski definition) is 2. The van der Waals surface area contributed by atoms with E-state index in [1.54, 1.807) is 19.2 Å². The number of urea groups is 1. The summed E-state index contributed by atoms with van der Waals surface area (Å²) >= 11 is 0. The van der Waals surface area contributed by atoms with Gasteiger partial charge in [0.1, 0.15) is 0 Å². The lowest BCUT2D eigenvalue weighted by atomic mass is 10.1. The van der Waals surface area contributed by atoms with Gasteiger partial charge < -0.3 is 20.1 Å². The van der Waals surface area contributed by atoms with Crippen LogP contribution in [-0.4, -0.2) is 48.7 Å². The smallest absolute Gasteiger partial charge is 0.335 e. The van der Waals surface area contributed by atoms with Crippen molar-refractivity contribution in [2.75, 3.05) is 20.7 Å². The van der Waals surface area contributed by atoms with Crippen molar-refractivity contribution in [1.82, 2.24) is 10.2 Å². The molecule has 0 aliphatic rings. The Balaban J connectivity index is 2.47. The normalized spacial score (nSPS) is 9.81. The number of benzene rings is 1. The highest BCUT2D eigenvalue weighted by Gasteiger charge is 2.11. The minimum atomic E-state index is -1.02. The van der Waals surface area contributed by atoms with Gasteiger partial charge in [0.2, 0.25) is 0 Å². The summed E-state index contributed by atoms with van der Waals surface area (Å²) < 4.78 is 4.49. The van der Waals surface area contributed by atoms with Crippen molar-refractivity contribution in [1.29, 1.82) is 0 Å². The number of rotatable bonds is 6. The number of nitrogens with one attached hydrogen (secondary N) is 1. The average Bonchev–Trinajstić information content (AvgIpc) is 2.49. The van der Waals surface area contributed by atoms with Crippen LogP contribution in [0.4, 0.5) is 4.79 Å². The molecular formula is C14H18N2O5. The zero-order valence-corrected chi connectivity index (χ0v) is 12.0. The lowest BCUT2D eigenvalue weighted by Gasteiger charge is -2.17. The van der Waals surface area contributed by atoms with Gasteiger partial charge in [-0.2, -0.15) is 0 Å². The molecule has 0 aliphatic carbocycles. The van der Waals surface area contributed by atoms with E-state index in [0.29, 0.717) is 5.56 Å². The Morgan fingerprint density at radius 3 is 2.67 bits per heavy atom. The second kappa shape index (κ2) is 7.88. The highest BCUT2D eigenvalue weighted by Crippen LogP contribution is 2.05. The van der Waals surface area contributed by atoms with Crippen LogP contribution in [0.5, 0.6) is 0 Å². The Labute approximate surface area is 122 Å². The molecule has 114 valence electrons. The Bertz CT molecular complexity index is 530. The number of methoxy groups -OCH3 is 1. The number of carbonyl (C=O) groups is 3. The molecule has 7 heteroatoms. The van der Waals surface area contributed by atoms with Gasteiger partial charge >= 0.3 is 18.0 Å². The summed E-state index contributed by atoms with van der Waals surface area (Å²) in [4.78, 5) is 35.0. The molecule has 2 N–H and O–H groups in total. The maximum Gasteiger partial charge on any atom is 0.335 e. The molecule has 0 atom stereocenters. The number of carbonyl (C=O) groups excluding carboxylic acids is 2. The highest BCUT2D eigenvalue weighted by molar-refractivity contribution is 5.87. The Kier molecular flexibility index (Phi) is 6.19. The molecule has 0 aliphatic heterocycles. The molecule has 21 heavy (non-hydrogen) atoms. The Morgan fingerprint density at radius 2 is 2.05 bits per heavy atom. The van der Waals surface area contributed by atoms with Crippen LogP contribution in [0.1, 0.15) is 22.3 Å². The molecule has 0 heterocycles. The standard InChI is InChI=1S/C14H18N2O5/c1-16(7-6-12(17)21-2)14(20)15-9-10-4-3-5-11(8-10)13(18)19/h3-5,8H,6-7,9H2,1-2H3,(H,15,20)(H,18,19). The lowest BCUT2D eigenvalue weighted by Crippen LogP contribution is -2.38. The van der Waals surface area contributed by atoms with Crippen LogP contribution < -0.4 is 5.32 Å². The predicted octanol–water partition coefficient (Wildman–Crippen LogP) is 1.09. The molecule has 7 nitrogen and oxygen atoms in total. The number of hydrogen-bond acceptors (Lipinski definition) is 4. The molecule has 0 saturated carbocycles. The molecule has 0 bridgehead atoms. The summed E-state index contributed by atoms with van der Waals surface area (Å²) in [6.07, 6.45) is 0.120. The number of carboxylic acid groups (broad SMARTS) is 1. The lowest BCUT2D eigenvalue weighted by molar-refractivity contribution is -0.140. The summed E-state index contributed by atoms with van der Waals surface area (Å²) in [6.45, 7) is 0.455. The molecule has 0 radical (unpaired) electrons. The maximum absolute atomic E-state index is 11.8. The van der Waals surface area contributed by atoms with Crippen molar-refractivity contribution in [3.8, 4) is 0 Å². The minimum absolute atomic E-state index is 0.120. The van der Waals surface area contributed by atoms with Crippen LogP contribution in [0, 0.1) is 0 Å². The first kappa shape index (κ1) is 16.5. The molecule has 0 unspecified atom stereocenters. The van der Waals surface area contributed by atoms with Gasteiger partial charge in [-0.3, -0.25) is 4.79 Å². The Morgan fingerprint density at radius 1 is 1.33 bits per heavy atom. The van der Waals surface area contributed by atoms with E-state index >= 15 is 0 Å². The van der Waals surface area contributed by atoms with E-state index in [9.17, 15) is 14.4 Å². The minimum Gasteiger partial charge on any atom is -0.478 e. The maximum atomic E-state index is 11.8. The number of amides is 2. The molecule has 2 amide bonds. The highest BCUT2D eigenvalue weighted by atomic mass is 16.5. The van der Waals surface area contributed by atoms with Gasteiger partial charge in [-0.15, -0.1) is 0 Å². The molecule has 0 spiro atoms. The number of ether oxygens (including phenoxy) is 1. The number of aromatic carboxylic acids is 1. The van der Waals surface area contributed by atoms with Gasteiger partial charge in [0.15, 0.2) is 0 Å². The van der Waals surface area contributed by atoms with Crippen molar-refractivity contribution in [3.63, 3.8) is 0 Å². The quantitative estimate of drug-likeness (QED) is 0.766. The number of carboxylic acids is 1. The van der Waals surface area contributed by atoms with Crippen LogP contribution in [0.2, 0.25) is 0 Å². The summed E-state index contributed by atoms with van der Waals surface area (Å²) in [5.41, 5.74) is 0.852. The van der Waals surface area contributed by atoms with E-state index in [2.05, 4.69) is 10.1 Å². The zero-order valence-electron chi connectivity index (χ0n) is 12.0. The molecule has 0 aromatic heterocycles. The summed E-state index contributed by atoms with van der Waals surface area (Å²) in [6, 6.07) is 5.97. The van der Waals surface area contributed by atoms with Gasteiger partial charge in [0.25, 0.3) is 0 Å². The molecule has 1 rings (SSSR count). The third-order valence-corrected chi connectivity index (χ3v) is 2.84. The summed E-state index contributed by atoms with van der Waals surface area (Å²) in [5.74, 6) is -1.40. The fourth-order valence-corrected chi connectivity index (χ4v) is 1.59. The summed E-state index contributed by atoms with van der Waals surface area (Å²) in [5, 5.41) is 11.5. The van der Waals surface area contributed by atoms with Crippen LogP contribution in [0.3, 0.4) is 0 Å². The van der Waals surface area contributed by atoms with Crippen LogP contribution in [-0.2, 0) is 16.1 Å². The van der Waals surface area contributed by atoms with E-state index in [4.69, 9.17) is 5.11 Å². The summed E-state index contributed by atoms with van der Waals surface area (Å²) in [7, 11) is 2.85. The zero-order chi connectivity index (χ0) is 15.8. The van der Waals surface area contributed by atoms with Crippen molar-refractivity contribution >= 4 is 18.0 Å². The fraction of sp³-hybridized carbons (Fsp3) is 0.357. The van der Waals surface area contributed by atoms with Crippen molar-refractivity contribution in [2.45, 2.75) is 13.0 Å². The Hall–Kier alpha value is -2.57. The van der Waals surface area contributed by atoms with Crippen molar-refractivity contribution in [2.24, 2.45) is 0 Å². The largest absolute Gasteiger partial charge is 0.478 e. The predicted molar refractivity (Wildman–Crippen MR) is 74.9 cm³/mol. The molecule has 1 aromatic carbocycles. The first-order chi connectivity index (χ1) is 9.93. The van der Waals surface area contributed by atoms with Crippen molar-refractivity contribution < 1.29 is 24.2 Å². The molecule has 1 aromatic rings. The SMILES string of the molecule is COC(=O)CCN(C)C(=O)NCc1cccc(C(=O)O)c1. The molecular weight excluding hydrogens is 276 g/mol. The average molecular weight is 294 g/mol. The van der Waals surface area contributed by atoms with E-state index < -0.39 is 5.97 Å². The van der Waals surface area contributed by atoms with E-state index in [0.717, 1.165) is 0 Å². The molecule has 0 saturated heterocycles. The third-order valence-electron chi connectivity index (χ3n) is 2.84. The third kappa shape index (κ3) is 5.52. The first-order valence-electron chi connectivity index (χ1n) is 6.32. The van der Waals surface area contributed by atoms with Crippen LogP contribution in [0.15, 0.2) is 24.3 Å². The number of nitrogens with zero attached hydrogens (tertiary/aromatic N) is 1. The number of esters is 1. The van der Waals surface area contributed by atoms with Gasteiger partial charge in [-0.1, -0.05) is 12.1 Å². The second-order valence-electron chi connectivity index (χ2n) is 4.41. The van der Waals surface area contributed by atoms with E-state index in [-0.39, 0.29) is 37.1 Å². The monoisotopic (exact) mass is 294 g/mol. The van der Waals surface area contributed by atoms with Gasteiger partial charge in [0.05, 0.1) is 19.1 Å². The van der Waals surface area contributed by atoms with Gasteiger partial charge in [-0.05, 0) is 17.7 Å². The van der Waals surface area contributed by atoms with E-state index in [1.165, 1.54) is 24.1 Å². The second-order valence-corrected chi connectivity index (χ2v) is 4.41. The van der Waals surface area contributed by atoms with E-state index in [1.807, 2.05) is 0 Å². The van der Waals surface area contributed by atoms with Crippen LogP contribution >= 0.6 is 0 Å². The topological polar surface area (TPSA) is 95.9 Å². The molecule has 0 fully saturated rings.